The van der Waals surface area contributed by atoms with Crippen molar-refractivity contribution in [2.24, 2.45) is 0 Å². The Balaban J connectivity index is 2.30. The molecule has 92 valence electrons. The molecule has 0 bridgehead atoms. The van der Waals surface area contributed by atoms with Crippen LogP contribution in [0.25, 0.3) is 32.7 Å². The number of rotatable bonds is 0. The topological polar surface area (TPSA) is 13.1 Å². The average Bonchev–Trinajstić information content (AvgIpc) is 2.76. The number of fused-ring (bicyclic) bond motifs is 5. The van der Waals surface area contributed by atoms with Crippen molar-refractivity contribution in [2.75, 3.05) is 0 Å². The Kier molecular flexibility index (Phi) is 2.47. The summed E-state index contributed by atoms with van der Waals surface area (Å²) in [6, 6.07) is 16.6. The molecule has 0 unspecified atom stereocenters. The van der Waals surface area contributed by atoms with Crippen LogP contribution in [0.3, 0.4) is 0 Å². The molecule has 1 aromatic heterocycles. The molecule has 0 radical (unpaired) electrons. The molecule has 0 spiro atoms. The van der Waals surface area contributed by atoms with E-state index in [0.717, 1.165) is 25.5 Å². The lowest BCUT2D eigenvalue weighted by Crippen LogP contribution is -1.75. The van der Waals surface area contributed by atoms with Crippen LogP contribution in [0.15, 0.2) is 61.9 Å². The molecule has 4 aromatic rings. The van der Waals surface area contributed by atoms with Gasteiger partial charge >= 0.3 is 0 Å². The zero-order chi connectivity index (χ0) is 13.0. The first-order valence-electron chi connectivity index (χ1n) is 5.92. The molecule has 19 heavy (non-hydrogen) atoms. The molecule has 0 saturated heterocycles. The van der Waals surface area contributed by atoms with Crippen LogP contribution >= 0.6 is 31.9 Å². The molecule has 3 heteroatoms. The van der Waals surface area contributed by atoms with Gasteiger partial charge in [0.1, 0.15) is 11.2 Å². The van der Waals surface area contributed by atoms with Gasteiger partial charge in [-0.3, -0.25) is 0 Å². The van der Waals surface area contributed by atoms with Gasteiger partial charge in [-0.05, 0) is 47.2 Å². The number of benzene rings is 3. The van der Waals surface area contributed by atoms with E-state index in [9.17, 15) is 0 Å². The first-order valence-corrected chi connectivity index (χ1v) is 7.51. The smallest absolute Gasteiger partial charge is 0.136 e. The molecule has 1 heterocycles. The highest BCUT2D eigenvalue weighted by molar-refractivity contribution is 9.10. The number of halogens is 2. The van der Waals surface area contributed by atoms with Crippen molar-refractivity contribution in [1.29, 1.82) is 0 Å². The van der Waals surface area contributed by atoms with Gasteiger partial charge in [0.2, 0.25) is 0 Å². The van der Waals surface area contributed by atoms with Gasteiger partial charge in [-0.25, -0.2) is 0 Å². The fourth-order valence-electron chi connectivity index (χ4n) is 2.55. The standard InChI is InChI=1S/C16H8Br2O/c17-10-2-4-12-9(7-10)1-5-15-16(12)13-8-11(18)3-6-14(13)19-15/h1-8H. The van der Waals surface area contributed by atoms with Crippen LogP contribution in [0.5, 0.6) is 0 Å². The van der Waals surface area contributed by atoms with Gasteiger partial charge in [0.15, 0.2) is 0 Å². The lowest BCUT2D eigenvalue weighted by molar-refractivity contribution is 0.669. The van der Waals surface area contributed by atoms with Gasteiger partial charge in [0, 0.05) is 19.7 Å². The molecule has 1 nitrogen and oxygen atoms in total. The molecule has 0 fully saturated rings. The molecule has 0 amide bonds. The summed E-state index contributed by atoms with van der Waals surface area (Å²) in [6.07, 6.45) is 0. The van der Waals surface area contributed by atoms with E-state index in [1.807, 2.05) is 18.2 Å². The molecular weight excluding hydrogens is 368 g/mol. The molecular formula is C16H8Br2O. The molecule has 0 atom stereocenters. The minimum absolute atomic E-state index is 0.925. The summed E-state index contributed by atoms with van der Waals surface area (Å²) in [5.74, 6) is 0. The lowest BCUT2D eigenvalue weighted by Gasteiger charge is -2.00. The molecule has 4 rings (SSSR count). The third-order valence-corrected chi connectivity index (χ3v) is 4.36. The maximum atomic E-state index is 5.91. The number of hydrogen-bond acceptors (Lipinski definition) is 1. The predicted octanol–water partition coefficient (Wildman–Crippen LogP) is 6.26. The van der Waals surface area contributed by atoms with Gasteiger partial charge in [-0.1, -0.05) is 44.0 Å². The van der Waals surface area contributed by atoms with Crippen molar-refractivity contribution in [2.45, 2.75) is 0 Å². The van der Waals surface area contributed by atoms with Crippen LogP contribution in [0.4, 0.5) is 0 Å². The summed E-state index contributed by atoms with van der Waals surface area (Å²) in [4.78, 5) is 0. The van der Waals surface area contributed by atoms with Crippen LogP contribution in [0.2, 0.25) is 0 Å². The van der Waals surface area contributed by atoms with E-state index >= 15 is 0 Å². The first-order chi connectivity index (χ1) is 9.22. The van der Waals surface area contributed by atoms with Gasteiger partial charge < -0.3 is 4.42 Å². The van der Waals surface area contributed by atoms with Gasteiger partial charge in [0.05, 0.1) is 0 Å². The molecule has 0 aliphatic carbocycles. The summed E-state index contributed by atoms with van der Waals surface area (Å²) in [5.41, 5.74) is 1.86. The summed E-state index contributed by atoms with van der Waals surface area (Å²) in [7, 11) is 0. The minimum Gasteiger partial charge on any atom is -0.456 e. The largest absolute Gasteiger partial charge is 0.456 e. The van der Waals surface area contributed by atoms with Crippen LogP contribution < -0.4 is 0 Å². The van der Waals surface area contributed by atoms with Crippen molar-refractivity contribution >= 4 is 64.6 Å². The summed E-state index contributed by atoms with van der Waals surface area (Å²) < 4.78 is 8.07. The summed E-state index contributed by atoms with van der Waals surface area (Å²) in [6.45, 7) is 0. The van der Waals surface area contributed by atoms with Crippen LogP contribution in [0.1, 0.15) is 0 Å². The Morgan fingerprint density at radius 1 is 0.684 bits per heavy atom. The normalized spacial score (nSPS) is 11.7. The van der Waals surface area contributed by atoms with Crippen LogP contribution in [0, 0.1) is 0 Å². The second kappa shape index (κ2) is 4.09. The number of hydrogen-bond donors (Lipinski definition) is 0. The fourth-order valence-corrected chi connectivity index (χ4v) is 3.29. The zero-order valence-electron chi connectivity index (χ0n) is 9.78. The minimum atomic E-state index is 0.925. The quantitative estimate of drug-likeness (QED) is 0.353. The van der Waals surface area contributed by atoms with Gasteiger partial charge in [-0.2, -0.15) is 0 Å². The highest BCUT2D eigenvalue weighted by Crippen LogP contribution is 2.36. The number of furan rings is 1. The van der Waals surface area contributed by atoms with E-state index in [1.165, 1.54) is 16.2 Å². The fraction of sp³-hybridized carbons (Fsp3) is 0. The monoisotopic (exact) mass is 374 g/mol. The molecule has 0 N–H and O–H groups in total. The van der Waals surface area contributed by atoms with E-state index in [4.69, 9.17) is 4.42 Å². The van der Waals surface area contributed by atoms with E-state index in [0.29, 0.717) is 0 Å². The highest BCUT2D eigenvalue weighted by atomic mass is 79.9. The summed E-state index contributed by atoms with van der Waals surface area (Å²) in [5, 5.41) is 4.76. The molecule has 0 aliphatic heterocycles. The Morgan fingerprint density at radius 2 is 1.42 bits per heavy atom. The lowest BCUT2D eigenvalue weighted by atomic mass is 10.0. The summed E-state index contributed by atoms with van der Waals surface area (Å²) >= 11 is 7.05. The van der Waals surface area contributed by atoms with Crippen molar-refractivity contribution in [3.63, 3.8) is 0 Å². The predicted molar refractivity (Wildman–Crippen MR) is 86.6 cm³/mol. The zero-order valence-corrected chi connectivity index (χ0v) is 13.0. The Hall–Kier alpha value is -1.32. The van der Waals surface area contributed by atoms with Crippen molar-refractivity contribution < 1.29 is 4.42 Å². The third-order valence-electron chi connectivity index (χ3n) is 3.37. The van der Waals surface area contributed by atoms with Crippen LogP contribution in [-0.2, 0) is 0 Å². The van der Waals surface area contributed by atoms with E-state index in [-0.39, 0.29) is 0 Å². The Bertz CT molecular complexity index is 938. The van der Waals surface area contributed by atoms with E-state index in [2.05, 4.69) is 62.2 Å². The second-order valence-electron chi connectivity index (χ2n) is 4.55. The average molecular weight is 376 g/mol. The third kappa shape index (κ3) is 1.72. The Morgan fingerprint density at radius 3 is 2.32 bits per heavy atom. The second-order valence-corrected chi connectivity index (χ2v) is 6.38. The SMILES string of the molecule is Brc1ccc2c(ccc3oc4ccc(Br)cc4c32)c1. The van der Waals surface area contributed by atoms with Gasteiger partial charge in [0.25, 0.3) is 0 Å². The molecule has 3 aromatic carbocycles. The van der Waals surface area contributed by atoms with E-state index in [1.54, 1.807) is 0 Å². The first kappa shape index (κ1) is 11.5. The maximum absolute atomic E-state index is 5.91. The molecule has 0 saturated carbocycles. The maximum Gasteiger partial charge on any atom is 0.136 e. The van der Waals surface area contributed by atoms with Crippen LogP contribution in [-0.4, -0.2) is 0 Å². The van der Waals surface area contributed by atoms with Crippen molar-refractivity contribution in [3.8, 4) is 0 Å². The molecule has 0 aliphatic rings. The van der Waals surface area contributed by atoms with Gasteiger partial charge in [-0.15, -0.1) is 0 Å². The van der Waals surface area contributed by atoms with Crippen molar-refractivity contribution in [1.82, 2.24) is 0 Å². The van der Waals surface area contributed by atoms with Crippen molar-refractivity contribution in [3.05, 3.63) is 57.5 Å². The Labute approximate surface area is 126 Å². The van der Waals surface area contributed by atoms with E-state index < -0.39 is 0 Å². The highest BCUT2D eigenvalue weighted by Gasteiger charge is 2.10.